The SMILES string of the molecule is CC.O=c1c2ccccc2nc2n1CCC2O. The van der Waals surface area contributed by atoms with E-state index < -0.39 is 6.10 Å². The number of fused-ring (bicyclic) bond motifs is 2. The molecule has 1 aromatic carbocycles. The smallest absolute Gasteiger partial charge is 0.261 e. The fourth-order valence-corrected chi connectivity index (χ4v) is 2.04. The molecule has 0 radical (unpaired) electrons. The number of rotatable bonds is 0. The van der Waals surface area contributed by atoms with Crippen LogP contribution >= 0.6 is 0 Å². The van der Waals surface area contributed by atoms with E-state index in [1.165, 1.54) is 0 Å². The molecule has 1 aliphatic heterocycles. The average molecular weight is 232 g/mol. The number of hydrogen-bond donors (Lipinski definition) is 1. The monoisotopic (exact) mass is 232 g/mol. The topological polar surface area (TPSA) is 55.1 Å². The molecule has 0 saturated heterocycles. The van der Waals surface area contributed by atoms with Crippen molar-refractivity contribution in [2.45, 2.75) is 32.9 Å². The quantitative estimate of drug-likeness (QED) is 0.754. The molecule has 2 aromatic rings. The van der Waals surface area contributed by atoms with Gasteiger partial charge in [0.2, 0.25) is 0 Å². The van der Waals surface area contributed by atoms with Crippen LogP contribution < -0.4 is 5.56 Å². The molecule has 0 saturated carbocycles. The van der Waals surface area contributed by atoms with Crippen LogP contribution in [-0.4, -0.2) is 14.7 Å². The van der Waals surface area contributed by atoms with Crippen molar-refractivity contribution in [3.8, 4) is 0 Å². The zero-order valence-corrected chi connectivity index (χ0v) is 10.1. The van der Waals surface area contributed by atoms with Gasteiger partial charge < -0.3 is 5.11 Å². The van der Waals surface area contributed by atoms with Gasteiger partial charge in [-0.25, -0.2) is 4.98 Å². The Morgan fingerprint density at radius 1 is 1.35 bits per heavy atom. The zero-order chi connectivity index (χ0) is 12.4. The molecular formula is C13H16N2O2. The fraction of sp³-hybridized carbons (Fsp3) is 0.385. The Kier molecular flexibility index (Phi) is 3.24. The van der Waals surface area contributed by atoms with Crippen molar-refractivity contribution in [3.63, 3.8) is 0 Å². The van der Waals surface area contributed by atoms with Gasteiger partial charge in [0.15, 0.2) is 0 Å². The van der Waals surface area contributed by atoms with E-state index in [0.717, 1.165) is 0 Å². The zero-order valence-electron chi connectivity index (χ0n) is 10.1. The second-order valence-electron chi connectivity index (χ2n) is 3.75. The Morgan fingerprint density at radius 2 is 2.06 bits per heavy atom. The summed E-state index contributed by atoms with van der Waals surface area (Å²) in [5.74, 6) is 0.499. The molecule has 1 N–H and O–H groups in total. The molecule has 1 unspecified atom stereocenters. The first-order chi connectivity index (χ1) is 8.27. The minimum Gasteiger partial charge on any atom is -0.385 e. The summed E-state index contributed by atoms with van der Waals surface area (Å²) >= 11 is 0. The van der Waals surface area contributed by atoms with Crippen molar-refractivity contribution >= 4 is 10.9 Å². The molecule has 3 rings (SSSR count). The first-order valence-corrected chi connectivity index (χ1v) is 5.95. The highest BCUT2D eigenvalue weighted by Gasteiger charge is 2.23. The van der Waals surface area contributed by atoms with Gasteiger partial charge in [0, 0.05) is 6.54 Å². The predicted octanol–water partition coefficient (Wildman–Crippen LogP) is 1.86. The fourth-order valence-electron chi connectivity index (χ4n) is 2.04. The summed E-state index contributed by atoms with van der Waals surface area (Å²) in [6, 6.07) is 7.22. The van der Waals surface area contributed by atoms with Crippen LogP contribution in [0.2, 0.25) is 0 Å². The van der Waals surface area contributed by atoms with Crippen LogP contribution in [0.25, 0.3) is 10.9 Å². The molecule has 90 valence electrons. The molecular weight excluding hydrogens is 216 g/mol. The third kappa shape index (κ3) is 1.85. The number of aliphatic hydroxyl groups excluding tert-OH is 1. The van der Waals surface area contributed by atoms with Crippen molar-refractivity contribution in [3.05, 3.63) is 40.4 Å². The van der Waals surface area contributed by atoms with E-state index in [2.05, 4.69) is 4.98 Å². The van der Waals surface area contributed by atoms with Crippen LogP contribution in [0.3, 0.4) is 0 Å². The minimum atomic E-state index is -0.595. The second-order valence-corrected chi connectivity index (χ2v) is 3.75. The first-order valence-electron chi connectivity index (χ1n) is 5.95. The molecule has 0 spiro atoms. The van der Waals surface area contributed by atoms with Gasteiger partial charge in [-0.1, -0.05) is 26.0 Å². The van der Waals surface area contributed by atoms with E-state index in [-0.39, 0.29) is 5.56 Å². The van der Waals surface area contributed by atoms with Gasteiger partial charge in [0.05, 0.1) is 10.9 Å². The standard InChI is InChI=1S/C11H10N2O2.C2H6/c14-9-5-6-13-10(9)12-8-4-2-1-3-7(8)11(13)15;1-2/h1-4,9,14H,5-6H2;1-2H3. The van der Waals surface area contributed by atoms with Crippen LogP contribution in [0.4, 0.5) is 0 Å². The van der Waals surface area contributed by atoms with Crippen LogP contribution in [0.1, 0.15) is 32.2 Å². The third-order valence-corrected chi connectivity index (χ3v) is 2.82. The average Bonchev–Trinajstić information content (AvgIpc) is 2.75. The summed E-state index contributed by atoms with van der Waals surface area (Å²) in [5.41, 5.74) is 0.613. The van der Waals surface area contributed by atoms with E-state index in [4.69, 9.17) is 0 Å². The van der Waals surface area contributed by atoms with Crippen LogP contribution in [0.15, 0.2) is 29.1 Å². The van der Waals surface area contributed by atoms with Crippen molar-refractivity contribution < 1.29 is 5.11 Å². The van der Waals surface area contributed by atoms with Crippen molar-refractivity contribution in [1.29, 1.82) is 0 Å². The van der Waals surface area contributed by atoms with E-state index in [1.54, 1.807) is 16.7 Å². The van der Waals surface area contributed by atoms with Gasteiger partial charge in [-0.3, -0.25) is 9.36 Å². The van der Waals surface area contributed by atoms with Crippen molar-refractivity contribution in [2.24, 2.45) is 0 Å². The Bertz CT molecular complexity index is 589. The van der Waals surface area contributed by atoms with Gasteiger partial charge >= 0.3 is 0 Å². The number of benzene rings is 1. The molecule has 1 aliphatic rings. The van der Waals surface area contributed by atoms with E-state index in [0.29, 0.717) is 29.7 Å². The van der Waals surface area contributed by atoms with E-state index in [9.17, 15) is 9.90 Å². The maximum atomic E-state index is 12.0. The van der Waals surface area contributed by atoms with Gasteiger partial charge in [0.1, 0.15) is 11.9 Å². The molecule has 0 aliphatic carbocycles. The predicted molar refractivity (Wildman–Crippen MR) is 66.9 cm³/mol. The Balaban J connectivity index is 0.000000514. The van der Waals surface area contributed by atoms with Gasteiger partial charge in [0.25, 0.3) is 5.56 Å². The lowest BCUT2D eigenvalue weighted by Gasteiger charge is -2.05. The largest absolute Gasteiger partial charge is 0.385 e. The highest BCUT2D eigenvalue weighted by atomic mass is 16.3. The van der Waals surface area contributed by atoms with Gasteiger partial charge in [-0.05, 0) is 18.6 Å². The number of aromatic nitrogens is 2. The lowest BCUT2D eigenvalue weighted by atomic mass is 10.2. The number of hydrogen-bond acceptors (Lipinski definition) is 3. The first kappa shape index (κ1) is 11.8. The van der Waals surface area contributed by atoms with Crippen LogP contribution in [-0.2, 0) is 6.54 Å². The lowest BCUT2D eigenvalue weighted by molar-refractivity contribution is 0.176. The Morgan fingerprint density at radius 3 is 2.82 bits per heavy atom. The molecule has 0 fully saturated rings. The summed E-state index contributed by atoms with van der Waals surface area (Å²) in [7, 11) is 0. The Hall–Kier alpha value is -1.68. The number of para-hydroxylation sites is 1. The summed E-state index contributed by atoms with van der Waals surface area (Å²) in [6.07, 6.45) is -0.0132. The van der Waals surface area contributed by atoms with Gasteiger partial charge in [-0.15, -0.1) is 0 Å². The molecule has 4 nitrogen and oxygen atoms in total. The summed E-state index contributed by atoms with van der Waals surface area (Å²) in [5, 5.41) is 10.3. The summed E-state index contributed by atoms with van der Waals surface area (Å²) in [4.78, 5) is 16.3. The minimum absolute atomic E-state index is 0.0489. The highest BCUT2D eigenvalue weighted by Crippen LogP contribution is 2.22. The summed E-state index contributed by atoms with van der Waals surface area (Å²) < 4.78 is 1.56. The van der Waals surface area contributed by atoms with Gasteiger partial charge in [-0.2, -0.15) is 0 Å². The second kappa shape index (κ2) is 4.67. The van der Waals surface area contributed by atoms with Crippen molar-refractivity contribution in [2.75, 3.05) is 0 Å². The number of nitrogens with zero attached hydrogens (tertiary/aromatic N) is 2. The molecule has 2 heterocycles. The summed E-state index contributed by atoms with van der Waals surface area (Å²) in [6.45, 7) is 4.56. The Labute approximate surface area is 99.5 Å². The normalized spacial score (nSPS) is 17.5. The van der Waals surface area contributed by atoms with Crippen LogP contribution in [0.5, 0.6) is 0 Å². The number of aliphatic hydroxyl groups is 1. The highest BCUT2D eigenvalue weighted by molar-refractivity contribution is 5.77. The molecule has 4 heteroatoms. The van der Waals surface area contributed by atoms with E-state index in [1.807, 2.05) is 26.0 Å². The van der Waals surface area contributed by atoms with Crippen LogP contribution in [0, 0.1) is 0 Å². The maximum Gasteiger partial charge on any atom is 0.261 e. The van der Waals surface area contributed by atoms with E-state index >= 15 is 0 Å². The third-order valence-electron chi connectivity index (χ3n) is 2.82. The lowest BCUT2D eigenvalue weighted by Crippen LogP contribution is -2.21. The maximum absolute atomic E-state index is 12.0. The molecule has 0 amide bonds. The molecule has 0 bridgehead atoms. The van der Waals surface area contributed by atoms with Crippen molar-refractivity contribution in [1.82, 2.24) is 9.55 Å². The molecule has 17 heavy (non-hydrogen) atoms. The molecule has 1 atom stereocenters. The molecule has 1 aromatic heterocycles.